The number of carbonyl (C=O) groups is 2. The van der Waals surface area contributed by atoms with E-state index < -0.39 is 0 Å². The number of amides is 1. The molecular weight excluding hydrogens is 190 g/mol. The lowest BCUT2D eigenvalue weighted by Crippen LogP contribution is -2.18. The van der Waals surface area contributed by atoms with Gasteiger partial charge in [0.1, 0.15) is 5.78 Å². The quantitative estimate of drug-likeness (QED) is 0.808. The number of hydrogen-bond acceptors (Lipinski definition) is 2. The van der Waals surface area contributed by atoms with Crippen molar-refractivity contribution in [3.63, 3.8) is 0 Å². The summed E-state index contributed by atoms with van der Waals surface area (Å²) in [6.45, 7) is 3.57. The zero-order valence-corrected chi connectivity index (χ0v) is 9.04. The molecule has 0 saturated heterocycles. The van der Waals surface area contributed by atoms with Gasteiger partial charge in [-0.3, -0.25) is 9.59 Å². The number of carbonyl (C=O) groups excluding carboxylic acids is 2. The highest BCUT2D eigenvalue weighted by atomic mass is 16.1. The zero-order chi connectivity index (χ0) is 11.3. The molecule has 0 unspecified atom stereocenters. The van der Waals surface area contributed by atoms with Gasteiger partial charge in [-0.2, -0.15) is 0 Å². The highest BCUT2D eigenvalue weighted by Gasteiger charge is 1.99. The molecule has 0 aromatic heterocycles. The minimum Gasteiger partial charge on any atom is -0.352 e. The van der Waals surface area contributed by atoms with Gasteiger partial charge in [0.2, 0.25) is 5.91 Å². The number of ketones is 1. The molecule has 0 aliphatic carbocycles. The van der Waals surface area contributed by atoms with Crippen LogP contribution < -0.4 is 5.32 Å². The summed E-state index contributed by atoms with van der Waals surface area (Å²) in [4.78, 5) is 21.6. The molecule has 0 spiro atoms. The van der Waals surface area contributed by atoms with Crippen molar-refractivity contribution < 1.29 is 9.59 Å². The van der Waals surface area contributed by atoms with Gasteiger partial charge in [-0.15, -0.1) is 0 Å². The maximum Gasteiger partial charge on any atom is 0.217 e. The Hall–Kier alpha value is -1.64. The molecule has 3 nitrogen and oxygen atoms in total. The highest BCUT2D eigenvalue weighted by Crippen LogP contribution is 2.06. The Morgan fingerprint density at radius 2 is 1.87 bits per heavy atom. The largest absolute Gasteiger partial charge is 0.352 e. The number of rotatable bonds is 4. The van der Waals surface area contributed by atoms with Crippen LogP contribution in [0.2, 0.25) is 0 Å². The molecule has 1 amide bonds. The van der Waals surface area contributed by atoms with Crippen molar-refractivity contribution in [3.8, 4) is 0 Å². The van der Waals surface area contributed by atoms with Crippen LogP contribution in [0.4, 0.5) is 0 Å². The summed E-state index contributed by atoms with van der Waals surface area (Å²) in [5.74, 6) is 0.0960. The number of nitrogens with one attached hydrogen (secondary N) is 1. The van der Waals surface area contributed by atoms with Crippen molar-refractivity contribution in [1.29, 1.82) is 0 Å². The molecule has 15 heavy (non-hydrogen) atoms. The lowest BCUT2D eigenvalue weighted by atomic mass is 10.1. The highest BCUT2D eigenvalue weighted by molar-refractivity contribution is 5.78. The van der Waals surface area contributed by atoms with Gasteiger partial charge in [0.15, 0.2) is 0 Å². The molecule has 0 bridgehead atoms. The van der Waals surface area contributed by atoms with E-state index in [2.05, 4.69) is 5.32 Å². The van der Waals surface area contributed by atoms with E-state index in [9.17, 15) is 9.59 Å². The van der Waals surface area contributed by atoms with Crippen LogP contribution in [0.3, 0.4) is 0 Å². The third-order valence-corrected chi connectivity index (χ3v) is 1.99. The van der Waals surface area contributed by atoms with Gasteiger partial charge in [-0.25, -0.2) is 0 Å². The molecule has 0 saturated carbocycles. The average molecular weight is 205 g/mol. The first-order valence-corrected chi connectivity index (χ1v) is 4.89. The van der Waals surface area contributed by atoms with Crippen LogP contribution in [-0.2, 0) is 22.6 Å². The Morgan fingerprint density at radius 3 is 2.47 bits per heavy atom. The average Bonchev–Trinajstić information content (AvgIpc) is 2.14. The predicted molar refractivity (Wildman–Crippen MR) is 58.3 cm³/mol. The standard InChI is InChI=1S/C12H15NO2/c1-9(14)6-11-4-3-5-12(7-11)8-13-10(2)15/h3-5,7H,6,8H2,1-2H3,(H,13,15). The summed E-state index contributed by atoms with van der Waals surface area (Å²) in [6.07, 6.45) is 0.452. The van der Waals surface area contributed by atoms with Crippen LogP contribution in [0.5, 0.6) is 0 Å². The summed E-state index contributed by atoms with van der Waals surface area (Å²) < 4.78 is 0. The molecule has 1 aromatic carbocycles. The molecule has 0 heterocycles. The Balaban J connectivity index is 2.65. The van der Waals surface area contributed by atoms with Crippen molar-refractivity contribution >= 4 is 11.7 Å². The van der Waals surface area contributed by atoms with Gasteiger partial charge >= 0.3 is 0 Å². The van der Waals surface area contributed by atoms with Crippen molar-refractivity contribution in [3.05, 3.63) is 35.4 Å². The fraction of sp³-hybridized carbons (Fsp3) is 0.333. The molecule has 1 N–H and O–H groups in total. The van der Waals surface area contributed by atoms with E-state index >= 15 is 0 Å². The van der Waals surface area contributed by atoms with Gasteiger partial charge < -0.3 is 5.32 Å². The van der Waals surface area contributed by atoms with E-state index in [-0.39, 0.29) is 11.7 Å². The second-order valence-electron chi connectivity index (χ2n) is 3.61. The van der Waals surface area contributed by atoms with Crippen LogP contribution in [-0.4, -0.2) is 11.7 Å². The molecular formula is C12H15NO2. The van der Waals surface area contributed by atoms with Crippen LogP contribution in [0.25, 0.3) is 0 Å². The Kier molecular flexibility index (Phi) is 4.03. The lowest BCUT2D eigenvalue weighted by Gasteiger charge is -2.04. The molecule has 0 aliphatic rings. The fourth-order valence-electron chi connectivity index (χ4n) is 1.36. The maximum absolute atomic E-state index is 10.9. The summed E-state index contributed by atoms with van der Waals surface area (Å²) in [6, 6.07) is 7.69. The van der Waals surface area contributed by atoms with Crippen molar-refractivity contribution in [2.24, 2.45) is 0 Å². The van der Waals surface area contributed by atoms with Gasteiger partial charge in [0.05, 0.1) is 0 Å². The molecule has 0 radical (unpaired) electrons. The van der Waals surface area contributed by atoms with Crippen LogP contribution in [0.15, 0.2) is 24.3 Å². The summed E-state index contributed by atoms with van der Waals surface area (Å²) in [5.41, 5.74) is 2.01. The first-order chi connectivity index (χ1) is 7.08. The summed E-state index contributed by atoms with van der Waals surface area (Å²) in [7, 11) is 0. The smallest absolute Gasteiger partial charge is 0.217 e. The van der Waals surface area contributed by atoms with Crippen molar-refractivity contribution in [2.75, 3.05) is 0 Å². The van der Waals surface area contributed by atoms with E-state index in [4.69, 9.17) is 0 Å². The third kappa shape index (κ3) is 4.40. The van der Waals surface area contributed by atoms with E-state index in [1.807, 2.05) is 24.3 Å². The molecule has 1 rings (SSSR count). The summed E-state index contributed by atoms with van der Waals surface area (Å²) in [5, 5.41) is 2.72. The van der Waals surface area contributed by atoms with Crippen LogP contribution >= 0.6 is 0 Å². The second-order valence-corrected chi connectivity index (χ2v) is 3.61. The predicted octanol–water partition coefficient (Wildman–Crippen LogP) is 1.45. The Labute approximate surface area is 89.5 Å². The first-order valence-electron chi connectivity index (χ1n) is 4.89. The van der Waals surface area contributed by atoms with Crippen LogP contribution in [0, 0.1) is 0 Å². The normalized spacial score (nSPS) is 9.73. The molecule has 0 atom stereocenters. The van der Waals surface area contributed by atoms with E-state index in [0.717, 1.165) is 11.1 Å². The molecule has 0 fully saturated rings. The molecule has 3 heteroatoms. The van der Waals surface area contributed by atoms with Gasteiger partial charge in [-0.1, -0.05) is 24.3 Å². The van der Waals surface area contributed by atoms with E-state index in [1.165, 1.54) is 6.92 Å². The van der Waals surface area contributed by atoms with Crippen LogP contribution in [0.1, 0.15) is 25.0 Å². The zero-order valence-electron chi connectivity index (χ0n) is 9.04. The van der Waals surface area contributed by atoms with E-state index in [0.29, 0.717) is 13.0 Å². The van der Waals surface area contributed by atoms with Gasteiger partial charge in [-0.05, 0) is 18.1 Å². The minimum atomic E-state index is -0.0491. The van der Waals surface area contributed by atoms with Crippen molar-refractivity contribution in [2.45, 2.75) is 26.8 Å². The van der Waals surface area contributed by atoms with Crippen molar-refractivity contribution in [1.82, 2.24) is 5.32 Å². The number of Topliss-reactive ketones (excluding diaryl/α,β-unsaturated/α-hetero) is 1. The second kappa shape index (κ2) is 5.29. The Morgan fingerprint density at radius 1 is 1.20 bits per heavy atom. The number of hydrogen-bond donors (Lipinski definition) is 1. The Bertz CT molecular complexity index is 372. The van der Waals surface area contributed by atoms with Gasteiger partial charge in [0, 0.05) is 19.9 Å². The molecule has 0 aliphatic heterocycles. The number of benzene rings is 1. The SMILES string of the molecule is CC(=O)Cc1cccc(CNC(C)=O)c1. The fourth-order valence-corrected chi connectivity index (χ4v) is 1.36. The molecule has 80 valence electrons. The first kappa shape index (κ1) is 11.4. The minimum absolute atomic E-state index is 0.0491. The topological polar surface area (TPSA) is 46.2 Å². The van der Waals surface area contributed by atoms with Gasteiger partial charge in [0.25, 0.3) is 0 Å². The third-order valence-electron chi connectivity index (χ3n) is 1.99. The maximum atomic E-state index is 10.9. The molecule has 1 aromatic rings. The monoisotopic (exact) mass is 205 g/mol. The summed E-state index contributed by atoms with van der Waals surface area (Å²) >= 11 is 0. The van der Waals surface area contributed by atoms with E-state index in [1.54, 1.807) is 6.92 Å². The lowest BCUT2D eigenvalue weighted by molar-refractivity contribution is -0.119.